The molecule has 0 aliphatic carbocycles. The molecule has 0 aromatic rings. The number of carboxylic acid groups (broad SMARTS) is 2. The van der Waals surface area contributed by atoms with Gasteiger partial charge in [-0.05, 0) is 6.92 Å². The molecule has 2 N–H and O–H groups in total. The van der Waals surface area contributed by atoms with Gasteiger partial charge in [0.1, 0.15) is 6.61 Å². The van der Waals surface area contributed by atoms with Crippen molar-refractivity contribution < 1.29 is 19.7 Å². The molecule has 64 valence electrons. The monoisotopic (exact) mass is 160 g/mol. The van der Waals surface area contributed by atoms with Crippen LogP contribution in [0.15, 0.2) is 25.0 Å². The Morgan fingerprint density at radius 3 is 2.36 bits per heavy atom. The first-order chi connectivity index (χ1) is 5.15. The van der Waals surface area contributed by atoms with E-state index in [2.05, 4.69) is 6.58 Å². The maximum Gasteiger partial charge on any atom is 0.503 e. The summed E-state index contributed by atoms with van der Waals surface area (Å²) < 4.78 is 4.83. The number of ether oxygens (including phenoxy) is 1. The number of hydrogen-bond acceptors (Lipinski definition) is 2. The molecule has 4 heteroatoms. The van der Waals surface area contributed by atoms with Crippen LogP contribution in [0.2, 0.25) is 0 Å². The van der Waals surface area contributed by atoms with E-state index in [0.717, 1.165) is 0 Å². The lowest BCUT2D eigenvalue weighted by atomic mass is 10.7. The van der Waals surface area contributed by atoms with E-state index in [0.29, 0.717) is 6.61 Å². The number of allylic oxidation sites excluding steroid dienone is 1. The van der Waals surface area contributed by atoms with E-state index in [4.69, 9.17) is 19.7 Å². The second-order valence-electron chi connectivity index (χ2n) is 1.37. The lowest BCUT2D eigenvalue weighted by Gasteiger charge is -1.88. The first kappa shape index (κ1) is 12.2. The average molecular weight is 160 g/mol. The summed E-state index contributed by atoms with van der Waals surface area (Å²) in [5.74, 6) is 0. The van der Waals surface area contributed by atoms with Gasteiger partial charge in [-0.1, -0.05) is 18.7 Å². The minimum atomic E-state index is -1.83. The lowest BCUT2D eigenvalue weighted by molar-refractivity contribution is 0.137. The minimum absolute atomic E-state index is 0.602. The van der Waals surface area contributed by atoms with Crippen molar-refractivity contribution in [2.24, 2.45) is 0 Å². The van der Waals surface area contributed by atoms with Crippen LogP contribution >= 0.6 is 0 Å². The molecule has 4 nitrogen and oxygen atoms in total. The van der Waals surface area contributed by atoms with Gasteiger partial charge >= 0.3 is 6.16 Å². The van der Waals surface area contributed by atoms with Gasteiger partial charge in [-0.15, -0.1) is 0 Å². The molecule has 0 aromatic heterocycles. The van der Waals surface area contributed by atoms with Crippen molar-refractivity contribution in [2.45, 2.75) is 6.92 Å². The van der Waals surface area contributed by atoms with Crippen LogP contribution in [-0.2, 0) is 4.74 Å². The van der Waals surface area contributed by atoms with Crippen LogP contribution < -0.4 is 0 Å². The van der Waals surface area contributed by atoms with Crippen molar-refractivity contribution in [1.82, 2.24) is 0 Å². The lowest BCUT2D eigenvalue weighted by Crippen LogP contribution is -1.81. The average Bonchev–Trinajstić information content (AvgIpc) is 1.88. The Morgan fingerprint density at radius 1 is 1.64 bits per heavy atom. The molecule has 0 rings (SSSR count). The molecule has 0 saturated heterocycles. The highest BCUT2D eigenvalue weighted by molar-refractivity contribution is 5.53. The summed E-state index contributed by atoms with van der Waals surface area (Å²) in [7, 11) is 0. The maximum absolute atomic E-state index is 8.56. The standard InChI is InChI=1S/C6H10O.CH2O3/c1-3-5-7-6-4-2;2-1(3)4/h3-4,6H,1,5H2,2H3;(H2,2,3,4). The number of carbonyl (C=O) groups is 1. The number of rotatable bonds is 3. The third-order valence-electron chi connectivity index (χ3n) is 0.446. The quantitative estimate of drug-likeness (QED) is 0.376. The van der Waals surface area contributed by atoms with Gasteiger partial charge < -0.3 is 14.9 Å². The van der Waals surface area contributed by atoms with Crippen LogP contribution in [0.5, 0.6) is 0 Å². The molecule has 0 spiro atoms. The SMILES string of the molecule is C=CCOC=CC.O=C(O)O. The van der Waals surface area contributed by atoms with Crippen LogP contribution in [0.1, 0.15) is 6.92 Å². The van der Waals surface area contributed by atoms with E-state index in [9.17, 15) is 0 Å². The van der Waals surface area contributed by atoms with Gasteiger partial charge in [0.05, 0.1) is 6.26 Å². The molecular weight excluding hydrogens is 148 g/mol. The zero-order valence-electron chi connectivity index (χ0n) is 6.36. The summed E-state index contributed by atoms with van der Waals surface area (Å²) in [5, 5.41) is 13.9. The van der Waals surface area contributed by atoms with Crippen molar-refractivity contribution >= 4 is 6.16 Å². The molecule has 0 atom stereocenters. The summed E-state index contributed by atoms with van der Waals surface area (Å²) in [6.07, 6.45) is 3.35. The molecule has 0 aromatic carbocycles. The molecular formula is C7H12O4. The second-order valence-corrected chi connectivity index (χ2v) is 1.37. The van der Waals surface area contributed by atoms with Crippen molar-refractivity contribution in [1.29, 1.82) is 0 Å². The second kappa shape index (κ2) is 11.4. The number of hydrogen-bond donors (Lipinski definition) is 2. The summed E-state index contributed by atoms with van der Waals surface area (Å²) in [6.45, 7) is 5.98. The van der Waals surface area contributed by atoms with Crippen LogP contribution in [-0.4, -0.2) is 23.0 Å². The largest absolute Gasteiger partial charge is 0.503 e. The topological polar surface area (TPSA) is 66.8 Å². The van der Waals surface area contributed by atoms with Gasteiger partial charge in [0.25, 0.3) is 0 Å². The molecule has 0 aliphatic heterocycles. The predicted octanol–water partition coefficient (Wildman–Crippen LogP) is 1.95. The Bertz CT molecular complexity index is 124. The van der Waals surface area contributed by atoms with E-state index in [1.807, 2.05) is 13.0 Å². The first-order valence-electron chi connectivity index (χ1n) is 2.90. The Kier molecular flexibility index (Phi) is 12.6. The van der Waals surface area contributed by atoms with E-state index in [1.165, 1.54) is 0 Å². The zero-order valence-corrected chi connectivity index (χ0v) is 6.36. The van der Waals surface area contributed by atoms with Crippen LogP contribution in [0, 0.1) is 0 Å². The van der Waals surface area contributed by atoms with Crippen molar-refractivity contribution in [2.75, 3.05) is 6.61 Å². The molecule has 0 unspecified atom stereocenters. The van der Waals surface area contributed by atoms with E-state index >= 15 is 0 Å². The summed E-state index contributed by atoms with van der Waals surface area (Å²) in [5.41, 5.74) is 0. The van der Waals surface area contributed by atoms with Gasteiger partial charge in [-0.2, -0.15) is 0 Å². The molecule has 0 aliphatic rings. The Labute approximate surface area is 65.4 Å². The molecule has 0 amide bonds. The van der Waals surface area contributed by atoms with Crippen molar-refractivity contribution in [3.63, 3.8) is 0 Å². The van der Waals surface area contributed by atoms with Gasteiger partial charge in [-0.3, -0.25) is 0 Å². The fourth-order valence-electron chi connectivity index (χ4n) is 0.220. The highest BCUT2D eigenvalue weighted by Gasteiger charge is 1.70. The van der Waals surface area contributed by atoms with Gasteiger partial charge in [-0.25, -0.2) is 4.79 Å². The van der Waals surface area contributed by atoms with Crippen molar-refractivity contribution in [3.05, 3.63) is 25.0 Å². The minimum Gasteiger partial charge on any atom is -0.498 e. The summed E-state index contributed by atoms with van der Waals surface area (Å²) >= 11 is 0. The maximum atomic E-state index is 8.56. The Morgan fingerprint density at radius 2 is 2.09 bits per heavy atom. The first-order valence-corrected chi connectivity index (χ1v) is 2.90. The fourth-order valence-corrected chi connectivity index (χ4v) is 0.220. The highest BCUT2D eigenvalue weighted by Crippen LogP contribution is 1.74. The van der Waals surface area contributed by atoms with E-state index < -0.39 is 6.16 Å². The molecule has 0 bridgehead atoms. The zero-order chi connectivity index (χ0) is 9.11. The van der Waals surface area contributed by atoms with Crippen LogP contribution in [0.25, 0.3) is 0 Å². The third kappa shape index (κ3) is 56.4. The molecule has 11 heavy (non-hydrogen) atoms. The van der Waals surface area contributed by atoms with Crippen LogP contribution in [0.4, 0.5) is 4.79 Å². The predicted molar refractivity (Wildman–Crippen MR) is 41.6 cm³/mol. The van der Waals surface area contributed by atoms with E-state index in [1.54, 1.807) is 12.3 Å². The Balaban J connectivity index is 0. The molecule has 0 radical (unpaired) electrons. The van der Waals surface area contributed by atoms with E-state index in [-0.39, 0.29) is 0 Å². The molecule has 0 fully saturated rings. The van der Waals surface area contributed by atoms with Gasteiger partial charge in [0.15, 0.2) is 0 Å². The van der Waals surface area contributed by atoms with Crippen LogP contribution in [0.3, 0.4) is 0 Å². The fraction of sp³-hybridized carbons (Fsp3) is 0.286. The van der Waals surface area contributed by atoms with Gasteiger partial charge in [0.2, 0.25) is 0 Å². The normalized spacial score (nSPS) is 8.09. The smallest absolute Gasteiger partial charge is 0.498 e. The Hall–Kier alpha value is -1.45. The molecule has 0 saturated carbocycles. The van der Waals surface area contributed by atoms with Crippen molar-refractivity contribution in [3.8, 4) is 0 Å². The summed E-state index contributed by atoms with van der Waals surface area (Å²) in [6, 6.07) is 0. The third-order valence-corrected chi connectivity index (χ3v) is 0.446. The summed E-state index contributed by atoms with van der Waals surface area (Å²) in [4.78, 5) is 8.56. The van der Waals surface area contributed by atoms with Gasteiger partial charge in [0, 0.05) is 0 Å². The highest BCUT2D eigenvalue weighted by atomic mass is 16.6. The molecule has 0 heterocycles.